The highest BCUT2D eigenvalue weighted by molar-refractivity contribution is 5.93. The summed E-state index contributed by atoms with van der Waals surface area (Å²) in [6, 6.07) is 0. The molecule has 1 fully saturated rings. The maximum Gasteiger partial charge on any atom is 0.257 e. The molecule has 1 aliphatic rings. The second-order valence-electron chi connectivity index (χ2n) is 4.40. The molecule has 2 heterocycles. The number of likely N-dealkylation sites (tertiary alicyclic amines) is 1. The van der Waals surface area contributed by atoms with E-state index in [-0.39, 0.29) is 19.0 Å². The van der Waals surface area contributed by atoms with E-state index >= 15 is 0 Å². The van der Waals surface area contributed by atoms with Crippen molar-refractivity contribution in [1.82, 2.24) is 14.7 Å². The van der Waals surface area contributed by atoms with E-state index in [2.05, 4.69) is 5.10 Å². The molecule has 0 aromatic carbocycles. The topological polar surface area (TPSA) is 64.2 Å². The minimum absolute atomic E-state index is 0.00252. The summed E-state index contributed by atoms with van der Waals surface area (Å²) < 4.78 is 13.9. The van der Waals surface area contributed by atoms with Gasteiger partial charge in [-0.05, 0) is 18.4 Å². The fraction of sp³-hybridized carbons (Fsp3) is 0.500. The lowest BCUT2D eigenvalue weighted by atomic mass is 10.3. The van der Waals surface area contributed by atoms with E-state index in [0.717, 1.165) is 25.9 Å². The summed E-state index contributed by atoms with van der Waals surface area (Å²) in [4.78, 5) is 13.9. The molecule has 6 heteroatoms. The first-order chi connectivity index (χ1) is 8.74. The molecule has 0 atom stereocenters. The van der Waals surface area contributed by atoms with Gasteiger partial charge in [0.15, 0.2) is 0 Å². The normalized spacial score (nSPS) is 16.3. The second kappa shape index (κ2) is 5.77. The number of nitrogens with zero attached hydrogens (tertiary/aromatic N) is 3. The SMILES string of the molecule is NC/C(=C\F)Cn1cc(C(=O)N2CCCC2)cn1. The van der Waals surface area contributed by atoms with Gasteiger partial charge in [0.2, 0.25) is 0 Å². The molecule has 1 amide bonds. The van der Waals surface area contributed by atoms with Gasteiger partial charge in [0, 0.05) is 25.8 Å². The van der Waals surface area contributed by atoms with Gasteiger partial charge < -0.3 is 10.6 Å². The van der Waals surface area contributed by atoms with Crippen LogP contribution in [0.25, 0.3) is 0 Å². The van der Waals surface area contributed by atoms with Crippen LogP contribution >= 0.6 is 0 Å². The third-order valence-corrected chi connectivity index (χ3v) is 3.06. The van der Waals surface area contributed by atoms with Crippen LogP contribution in [-0.4, -0.2) is 40.2 Å². The smallest absolute Gasteiger partial charge is 0.257 e. The van der Waals surface area contributed by atoms with E-state index in [1.807, 2.05) is 4.90 Å². The standard InChI is InChI=1S/C12H17FN4O/c13-5-10(6-14)8-17-9-11(7-15-17)12(18)16-3-1-2-4-16/h5,7,9H,1-4,6,8,14H2/b10-5+. The Hall–Kier alpha value is -1.69. The Labute approximate surface area is 105 Å². The van der Waals surface area contributed by atoms with Gasteiger partial charge in [-0.1, -0.05) is 0 Å². The highest BCUT2D eigenvalue weighted by atomic mass is 19.1. The van der Waals surface area contributed by atoms with Crippen LogP contribution in [0.15, 0.2) is 24.3 Å². The maximum absolute atomic E-state index is 12.4. The van der Waals surface area contributed by atoms with E-state index in [9.17, 15) is 9.18 Å². The number of carbonyl (C=O) groups is 1. The molecule has 1 saturated heterocycles. The average molecular weight is 252 g/mol. The summed E-state index contributed by atoms with van der Waals surface area (Å²) in [5.74, 6) is -0.00252. The second-order valence-corrected chi connectivity index (χ2v) is 4.40. The lowest BCUT2D eigenvalue weighted by molar-refractivity contribution is 0.0792. The third kappa shape index (κ3) is 2.76. The first kappa shape index (κ1) is 12.8. The number of halogens is 1. The predicted octanol–water partition coefficient (Wildman–Crippen LogP) is 0.931. The van der Waals surface area contributed by atoms with Crippen LogP contribution in [0.2, 0.25) is 0 Å². The van der Waals surface area contributed by atoms with Crippen LogP contribution in [0.1, 0.15) is 23.2 Å². The molecular formula is C12H17FN4O. The quantitative estimate of drug-likeness (QED) is 0.867. The van der Waals surface area contributed by atoms with Gasteiger partial charge >= 0.3 is 0 Å². The summed E-state index contributed by atoms with van der Waals surface area (Å²) in [6.07, 6.45) is 5.76. The number of aromatic nitrogens is 2. The van der Waals surface area contributed by atoms with Crippen molar-refractivity contribution >= 4 is 5.91 Å². The molecule has 2 rings (SSSR count). The van der Waals surface area contributed by atoms with Crippen molar-refractivity contribution in [1.29, 1.82) is 0 Å². The first-order valence-corrected chi connectivity index (χ1v) is 6.04. The van der Waals surface area contributed by atoms with E-state index in [0.29, 0.717) is 17.5 Å². The van der Waals surface area contributed by atoms with Gasteiger partial charge in [0.1, 0.15) is 0 Å². The number of nitrogens with two attached hydrogens (primary N) is 1. The van der Waals surface area contributed by atoms with Gasteiger partial charge in [-0.3, -0.25) is 9.48 Å². The number of carbonyl (C=O) groups excluding carboxylic acids is 1. The lowest BCUT2D eigenvalue weighted by Crippen LogP contribution is -2.27. The zero-order valence-corrected chi connectivity index (χ0v) is 10.2. The van der Waals surface area contributed by atoms with Crippen molar-refractivity contribution in [3.05, 3.63) is 29.9 Å². The zero-order valence-electron chi connectivity index (χ0n) is 10.2. The van der Waals surface area contributed by atoms with Gasteiger partial charge in [0.05, 0.1) is 24.6 Å². The molecule has 1 aromatic heterocycles. The van der Waals surface area contributed by atoms with Crippen molar-refractivity contribution in [3.63, 3.8) is 0 Å². The Morgan fingerprint density at radius 2 is 2.22 bits per heavy atom. The Morgan fingerprint density at radius 3 is 2.83 bits per heavy atom. The summed E-state index contributed by atoms with van der Waals surface area (Å²) in [6.45, 7) is 2.04. The molecule has 18 heavy (non-hydrogen) atoms. The van der Waals surface area contributed by atoms with E-state index in [1.54, 1.807) is 6.20 Å². The van der Waals surface area contributed by atoms with Crippen molar-refractivity contribution in [3.8, 4) is 0 Å². The molecule has 0 unspecified atom stereocenters. The van der Waals surface area contributed by atoms with Crippen molar-refractivity contribution < 1.29 is 9.18 Å². The maximum atomic E-state index is 12.4. The number of rotatable bonds is 4. The number of hydrogen-bond acceptors (Lipinski definition) is 3. The van der Waals surface area contributed by atoms with Crippen LogP contribution in [0, 0.1) is 0 Å². The van der Waals surface area contributed by atoms with Crippen molar-refractivity contribution in [2.24, 2.45) is 5.73 Å². The highest BCUT2D eigenvalue weighted by Gasteiger charge is 2.20. The van der Waals surface area contributed by atoms with Crippen LogP contribution in [0.4, 0.5) is 4.39 Å². The minimum atomic E-state index is -0.00252. The van der Waals surface area contributed by atoms with Crippen molar-refractivity contribution in [2.75, 3.05) is 19.6 Å². The van der Waals surface area contributed by atoms with Crippen LogP contribution in [0.5, 0.6) is 0 Å². The summed E-state index contributed by atoms with van der Waals surface area (Å²) >= 11 is 0. The Bertz CT molecular complexity index is 449. The van der Waals surface area contributed by atoms with E-state index in [4.69, 9.17) is 5.73 Å². The Balaban J connectivity index is 2.03. The van der Waals surface area contributed by atoms with Crippen molar-refractivity contribution in [2.45, 2.75) is 19.4 Å². The summed E-state index contributed by atoms with van der Waals surface area (Å²) in [7, 11) is 0. The molecule has 0 radical (unpaired) electrons. The fourth-order valence-corrected chi connectivity index (χ4v) is 2.01. The largest absolute Gasteiger partial charge is 0.339 e. The Morgan fingerprint density at radius 1 is 1.50 bits per heavy atom. The Kier molecular flexibility index (Phi) is 4.09. The zero-order chi connectivity index (χ0) is 13.0. The molecule has 1 aliphatic heterocycles. The molecule has 1 aromatic rings. The molecule has 2 N–H and O–H groups in total. The van der Waals surface area contributed by atoms with E-state index < -0.39 is 0 Å². The van der Waals surface area contributed by atoms with Gasteiger partial charge in [-0.2, -0.15) is 5.10 Å². The summed E-state index contributed by atoms with van der Waals surface area (Å²) in [5.41, 5.74) is 6.36. The molecule has 0 aliphatic carbocycles. The fourth-order valence-electron chi connectivity index (χ4n) is 2.01. The van der Waals surface area contributed by atoms with Gasteiger partial charge in [-0.25, -0.2) is 4.39 Å². The molecule has 0 spiro atoms. The molecular weight excluding hydrogens is 235 g/mol. The van der Waals surface area contributed by atoms with Crippen LogP contribution in [0.3, 0.4) is 0 Å². The van der Waals surface area contributed by atoms with Gasteiger partial charge in [-0.15, -0.1) is 0 Å². The number of amides is 1. The molecule has 0 bridgehead atoms. The first-order valence-electron chi connectivity index (χ1n) is 6.04. The monoisotopic (exact) mass is 252 g/mol. The highest BCUT2D eigenvalue weighted by Crippen LogP contribution is 2.12. The lowest BCUT2D eigenvalue weighted by Gasteiger charge is -2.13. The minimum Gasteiger partial charge on any atom is -0.339 e. The van der Waals surface area contributed by atoms with E-state index in [1.165, 1.54) is 10.9 Å². The van der Waals surface area contributed by atoms with Gasteiger partial charge in [0.25, 0.3) is 5.91 Å². The average Bonchev–Trinajstić information content (AvgIpc) is 3.06. The molecule has 5 nitrogen and oxygen atoms in total. The summed E-state index contributed by atoms with van der Waals surface area (Å²) in [5, 5.41) is 4.05. The molecule has 98 valence electrons. The van der Waals surface area contributed by atoms with Crippen LogP contribution in [-0.2, 0) is 6.54 Å². The van der Waals surface area contributed by atoms with Crippen LogP contribution < -0.4 is 5.73 Å². The third-order valence-electron chi connectivity index (χ3n) is 3.06. The number of hydrogen-bond donors (Lipinski definition) is 1. The predicted molar refractivity (Wildman–Crippen MR) is 65.6 cm³/mol. The molecule has 0 saturated carbocycles.